The number of nitrogens with zero attached hydrogens (tertiary/aromatic N) is 1. The van der Waals surface area contributed by atoms with Crippen LogP contribution >= 0.6 is 11.3 Å². The number of carbonyl (C=O) groups excluding carboxylic acids is 1. The predicted octanol–water partition coefficient (Wildman–Crippen LogP) is 1.65. The van der Waals surface area contributed by atoms with E-state index < -0.39 is 0 Å². The lowest BCUT2D eigenvalue weighted by atomic mass is 10.2. The third kappa shape index (κ3) is 3.54. The van der Waals surface area contributed by atoms with E-state index in [0.29, 0.717) is 12.6 Å². The van der Waals surface area contributed by atoms with E-state index in [2.05, 4.69) is 27.7 Å². The van der Waals surface area contributed by atoms with Gasteiger partial charge in [0.25, 0.3) is 0 Å². The molecule has 1 unspecified atom stereocenters. The largest absolute Gasteiger partial charge is 0.375 e. The Hall–Kier alpha value is -0.910. The van der Waals surface area contributed by atoms with Crippen LogP contribution in [0.3, 0.4) is 0 Å². The van der Waals surface area contributed by atoms with Gasteiger partial charge in [-0.05, 0) is 37.4 Å². The number of hydrogen-bond acceptors (Lipinski definition) is 4. The number of hydrogen-bond donors (Lipinski definition) is 1. The number of amides is 1. The fourth-order valence-corrected chi connectivity index (χ4v) is 3.20. The number of nitrogens with one attached hydrogen (secondary N) is 1. The molecule has 4 nitrogen and oxygen atoms in total. The van der Waals surface area contributed by atoms with E-state index in [-0.39, 0.29) is 12.5 Å². The fraction of sp³-hybridized carbons (Fsp3) is 0.615. The molecule has 0 saturated carbocycles. The molecule has 18 heavy (non-hydrogen) atoms. The number of rotatable bonds is 6. The summed E-state index contributed by atoms with van der Waals surface area (Å²) in [6.07, 6.45) is 2.52. The maximum absolute atomic E-state index is 11.5. The Kier molecular flexibility index (Phi) is 5.16. The quantitative estimate of drug-likeness (QED) is 0.853. The molecule has 1 atom stereocenters. The molecule has 1 fully saturated rings. The van der Waals surface area contributed by atoms with Gasteiger partial charge >= 0.3 is 0 Å². The van der Waals surface area contributed by atoms with Gasteiger partial charge in [-0.3, -0.25) is 9.69 Å². The van der Waals surface area contributed by atoms with Crippen LogP contribution in [0.1, 0.15) is 23.8 Å². The van der Waals surface area contributed by atoms with Gasteiger partial charge in [0.15, 0.2) is 0 Å². The van der Waals surface area contributed by atoms with E-state index in [0.717, 1.165) is 13.1 Å². The monoisotopic (exact) mass is 268 g/mol. The molecule has 100 valence electrons. The fourth-order valence-electron chi connectivity index (χ4n) is 2.34. The van der Waals surface area contributed by atoms with Gasteiger partial charge in [-0.15, -0.1) is 11.3 Å². The van der Waals surface area contributed by atoms with Crippen LogP contribution < -0.4 is 5.32 Å². The number of methoxy groups -OCH3 is 1. The Morgan fingerprint density at radius 3 is 2.94 bits per heavy atom. The summed E-state index contributed by atoms with van der Waals surface area (Å²) in [5.74, 6) is -0.0433. The molecule has 1 aliphatic rings. The van der Waals surface area contributed by atoms with Gasteiger partial charge in [0.05, 0.1) is 6.04 Å². The number of ether oxygens (including phenoxy) is 1. The highest BCUT2D eigenvalue weighted by atomic mass is 32.1. The molecule has 1 aromatic heterocycles. The molecule has 1 amide bonds. The van der Waals surface area contributed by atoms with Crippen LogP contribution in [0.4, 0.5) is 0 Å². The second kappa shape index (κ2) is 6.87. The van der Waals surface area contributed by atoms with E-state index in [1.807, 2.05) is 0 Å². The minimum absolute atomic E-state index is 0.0433. The summed E-state index contributed by atoms with van der Waals surface area (Å²) in [6, 6.07) is 4.53. The highest BCUT2D eigenvalue weighted by Crippen LogP contribution is 2.27. The Morgan fingerprint density at radius 2 is 2.33 bits per heavy atom. The molecule has 0 aromatic carbocycles. The van der Waals surface area contributed by atoms with Crippen molar-refractivity contribution < 1.29 is 9.53 Å². The first-order valence-corrected chi connectivity index (χ1v) is 7.22. The standard InChI is InChI=1S/C13H20N2O2S/c1-17-10-13(16)14-9-11(12-5-4-8-18-12)15-6-2-3-7-15/h4-5,8,11H,2-3,6-7,9-10H2,1H3,(H,14,16). The lowest BCUT2D eigenvalue weighted by molar-refractivity contribution is -0.124. The van der Waals surface area contributed by atoms with Gasteiger partial charge in [0, 0.05) is 18.5 Å². The Bertz CT molecular complexity index is 361. The molecule has 0 bridgehead atoms. The zero-order chi connectivity index (χ0) is 12.8. The zero-order valence-electron chi connectivity index (χ0n) is 10.7. The van der Waals surface area contributed by atoms with Gasteiger partial charge < -0.3 is 10.1 Å². The Labute approximate surface area is 112 Å². The Morgan fingerprint density at radius 1 is 1.56 bits per heavy atom. The first-order valence-electron chi connectivity index (χ1n) is 6.34. The maximum atomic E-state index is 11.5. The van der Waals surface area contributed by atoms with Crippen LogP contribution in [0, 0.1) is 0 Å². The third-order valence-electron chi connectivity index (χ3n) is 3.22. The van der Waals surface area contributed by atoms with Crippen LogP contribution in [0.25, 0.3) is 0 Å². The Balaban J connectivity index is 1.94. The van der Waals surface area contributed by atoms with Crippen molar-refractivity contribution in [1.29, 1.82) is 0 Å². The molecule has 1 aromatic rings. The lowest BCUT2D eigenvalue weighted by Crippen LogP contribution is -2.37. The van der Waals surface area contributed by atoms with E-state index in [9.17, 15) is 4.79 Å². The van der Waals surface area contributed by atoms with E-state index in [1.54, 1.807) is 11.3 Å². The predicted molar refractivity (Wildman–Crippen MR) is 72.8 cm³/mol. The van der Waals surface area contributed by atoms with Gasteiger partial charge in [0.1, 0.15) is 6.61 Å². The molecule has 2 rings (SSSR count). The molecule has 1 saturated heterocycles. The molecule has 1 aliphatic heterocycles. The van der Waals surface area contributed by atoms with Crippen molar-refractivity contribution in [2.45, 2.75) is 18.9 Å². The smallest absolute Gasteiger partial charge is 0.246 e. The lowest BCUT2D eigenvalue weighted by Gasteiger charge is -2.26. The van der Waals surface area contributed by atoms with Gasteiger partial charge in [-0.2, -0.15) is 0 Å². The summed E-state index contributed by atoms with van der Waals surface area (Å²) in [4.78, 5) is 15.3. The molecule has 5 heteroatoms. The zero-order valence-corrected chi connectivity index (χ0v) is 11.5. The first kappa shape index (κ1) is 13.5. The van der Waals surface area contributed by atoms with E-state index in [4.69, 9.17) is 4.74 Å². The van der Waals surface area contributed by atoms with Crippen molar-refractivity contribution in [3.05, 3.63) is 22.4 Å². The van der Waals surface area contributed by atoms with Crippen molar-refractivity contribution in [3.63, 3.8) is 0 Å². The molecular weight excluding hydrogens is 248 g/mol. The summed E-state index contributed by atoms with van der Waals surface area (Å²) < 4.78 is 4.83. The van der Waals surface area contributed by atoms with Crippen LogP contribution in [0.5, 0.6) is 0 Å². The summed E-state index contributed by atoms with van der Waals surface area (Å²) in [5, 5.41) is 5.04. The highest BCUT2D eigenvalue weighted by molar-refractivity contribution is 7.10. The number of thiophene rings is 1. The molecular formula is C13H20N2O2S. The van der Waals surface area contributed by atoms with Gasteiger partial charge in [-0.25, -0.2) is 0 Å². The first-order chi connectivity index (χ1) is 8.81. The minimum Gasteiger partial charge on any atom is -0.375 e. The van der Waals surface area contributed by atoms with Crippen molar-refractivity contribution in [3.8, 4) is 0 Å². The van der Waals surface area contributed by atoms with Crippen molar-refractivity contribution >= 4 is 17.2 Å². The summed E-state index contributed by atoms with van der Waals surface area (Å²) in [6.45, 7) is 3.06. The SMILES string of the molecule is COCC(=O)NCC(c1cccs1)N1CCCC1. The second-order valence-corrected chi connectivity index (χ2v) is 5.49. The highest BCUT2D eigenvalue weighted by Gasteiger charge is 2.24. The van der Waals surface area contributed by atoms with Gasteiger partial charge in [-0.1, -0.05) is 6.07 Å². The average molecular weight is 268 g/mol. The number of carbonyl (C=O) groups is 1. The average Bonchev–Trinajstić information content (AvgIpc) is 3.02. The second-order valence-electron chi connectivity index (χ2n) is 4.51. The van der Waals surface area contributed by atoms with Crippen molar-refractivity contribution in [1.82, 2.24) is 10.2 Å². The minimum atomic E-state index is -0.0433. The number of likely N-dealkylation sites (tertiary alicyclic amines) is 1. The molecule has 2 heterocycles. The molecule has 0 radical (unpaired) electrons. The summed E-state index contributed by atoms with van der Waals surface area (Å²) in [5.41, 5.74) is 0. The van der Waals surface area contributed by atoms with Crippen LogP contribution in [0.15, 0.2) is 17.5 Å². The van der Waals surface area contributed by atoms with Crippen LogP contribution in [0.2, 0.25) is 0 Å². The van der Waals surface area contributed by atoms with Gasteiger partial charge in [0.2, 0.25) is 5.91 Å². The van der Waals surface area contributed by atoms with E-state index >= 15 is 0 Å². The summed E-state index contributed by atoms with van der Waals surface area (Å²) >= 11 is 1.76. The maximum Gasteiger partial charge on any atom is 0.246 e. The van der Waals surface area contributed by atoms with Crippen LogP contribution in [-0.4, -0.2) is 44.2 Å². The van der Waals surface area contributed by atoms with E-state index in [1.165, 1.54) is 24.8 Å². The van der Waals surface area contributed by atoms with Crippen molar-refractivity contribution in [2.24, 2.45) is 0 Å². The molecule has 0 aliphatic carbocycles. The molecule has 1 N–H and O–H groups in total. The molecule has 0 spiro atoms. The van der Waals surface area contributed by atoms with Crippen molar-refractivity contribution in [2.75, 3.05) is 33.4 Å². The normalized spacial score (nSPS) is 17.8. The third-order valence-corrected chi connectivity index (χ3v) is 4.19. The topological polar surface area (TPSA) is 41.6 Å². The summed E-state index contributed by atoms with van der Waals surface area (Å²) in [7, 11) is 1.54. The van der Waals surface area contributed by atoms with Crippen LogP contribution in [-0.2, 0) is 9.53 Å².